The molecule has 6 aromatic carbocycles. The first-order valence-corrected chi connectivity index (χ1v) is 18.7. The highest BCUT2D eigenvalue weighted by Gasteiger charge is 2.43. The Hall–Kier alpha value is -6.18. The third-order valence-electron chi connectivity index (χ3n) is 11.2. The molecule has 3 aromatic heterocycles. The highest BCUT2D eigenvalue weighted by Crippen LogP contribution is 2.50. The van der Waals surface area contributed by atoms with Gasteiger partial charge in [-0.15, -0.1) is 0 Å². The minimum atomic E-state index is 0.200. The van der Waals surface area contributed by atoms with Crippen molar-refractivity contribution >= 4 is 67.1 Å². The molecule has 3 atom stereocenters. The van der Waals surface area contributed by atoms with E-state index in [1.54, 1.807) is 11.8 Å². The largest absolute Gasteiger partial charge is 0.304 e. The average Bonchev–Trinajstić information content (AvgIpc) is 3.84. The van der Waals surface area contributed by atoms with Crippen LogP contribution in [-0.2, 0) is 0 Å². The molecule has 12 rings (SSSR count). The molecule has 9 aromatic rings. The fourth-order valence-electron chi connectivity index (χ4n) is 8.98. The number of para-hydroxylation sites is 4. The highest BCUT2D eigenvalue weighted by atomic mass is 32.2. The Balaban J connectivity index is 1.00. The van der Waals surface area contributed by atoms with E-state index in [2.05, 4.69) is 166 Å². The van der Waals surface area contributed by atoms with Gasteiger partial charge in [-0.2, -0.15) is 0 Å². The minimum Gasteiger partial charge on any atom is -0.304 e. The zero-order valence-electron chi connectivity index (χ0n) is 28.0. The summed E-state index contributed by atoms with van der Waals surface area (Å²) in [6, 6.07) is 50.4. The third kappa shape index (κ3) is 3.94. The lowest BCUT2D eigenvalue weighted by molar-refractivity contribution is 0.444. The molecule has 1 aliphatic carbocycles. The molecule has 6 nitrogen and oxygen atoms in total. The highest BCUT2D eigenvalue weighted by molar-refractivity contribution is 7.99. The zero-order valence-corrected chi connectivity index (χ0v) is 28.8. The topological polar surface area (TPSA) is 51.8 Å². The summed E-state index contributed by atoms with van der Waals surface area (Å²) in [7, 11) is 0. The Kier molecular flexibility index (Phi) is 5.85. The fraction of sp³-hybridized carbons (Fsp3) is 0.0889. The number of fused-ring (bicyclic) bond motifs is 10. The lowest BCUT2D eigenvalue weighted by Crippen LogP contribution is -2.32. The van der Waals surface area contributed by atoms with Crippen LogP contribution >= 0.6 is 11.8 Å². The second kappa shape index (κ2) is 10.7. The number of benzene rings is 6. The van der Waals surface area contributed by atoms with Crippen LogP contribution in [-0.4, -0.2) is 30.1 Å². The molecule has 7 heteroatoms. The maximum Gasteiger partial charge on any atom is 0.235 e. The van der Waals surface area contributed by atoms with Gasteiger partial charge in [0.05, 0.1) is 45.4 Å². The van der Waals surface area contributed by atoms with Crippen molar-refractivity contribution in [3.05, 3.63) is 157 Å². The SMILES string of the molecule is C1=CC2C(CC1c1ccc3c(c1)c1ccccc1n3-c1nc3c4c(cccc4n1)Sc1ccccc1-3)n1c(nc3ccccc31)N2c1ccccc1. The predicted molar refractivity (Wildman–Crippen MR) is 211 cm³/mol. The van der Waals surface area contributed by atoms with Crippen LogP contribution in [0.4, 0.5) is 11.6 Å². The van der Waals surface area contributed by atoms with Gasteiger partial charge in [-0.3, -0.25) is 4.57 Å². The van der Waals surface area contributed by atoms with Gasteiger partial charge in [0, 0.05) is 43.1 Å². The summed E-state index contributed by atoms with van der Waals surface area (Å²) < 4.78 is 4.74. The van der Waals surface area contributed by atoms with Gasteiger partial charge in [0.2, 0.25) is 11.9 Å². The maximum atomic E-state index is 5.35. The lowest BCUT2D eigenvalue weighted by atomic mass is 9.83. The van der Waals surface area contributed by atoms with E-state index >= 15 is 0 Å². The van der Waals surface area contributed by atoms with Crippen molar-refractivity contribution in [3.8, 4) is 17.2 Å². The molecular formula is C45H30N6S. The Morgan fingerprint density at radius 3 is 2.31 bits per heavy atom. The molecule has 52 heavy (non-hydrogen) atoms. The normalized spacial score (nSPS) is 18.7. The number of nitrogens with zero attached hydrogens (tertiary/aromatic N) is 6. The van der Waals surface area contributed by atoms with Crippen molar-refractivity contribution in [2.24, 2.45) is 0 Å². The van der Waals surface area contributed by atoms with Gasteiger partial charge in [0.15, 0.2) is 0 Å². The smallest absolute Gasteiger partial charge is 0.235 e. The Morgan fingerprint density at radius 1 is 0.596 bits per heavy atom. The van der Waals surface area contributed by atoms with Gasteiger partial charge in [-0.1, -0.05) is 103 Å². The van der Waals surface area contributed by atoms with Crippen molar-refractivity contribution in [1.29, 1.82) is 0 Å². The number of imidazole rings is 1. The quantitative estimate of drug-likeness (QED) is 0.173. The second-order valence-electron chi connectivity index (χ2n) is 14.0. The first-order chi connectivity index (χ1) is 25.8. The number of aromatic nitrogens is 5. The van der Waals surface area contributed by atoms with Crippen LogP contribution < -0.4 is 4.90 Å². The molecule has 3 aliphatic rings. The molecule has 0 radical (unpaired) electrons. The van der Waals surface area contributed by atoms with Crippen LogP contribution in [0.5, 0.6) is 0 Å². The summed E-state index contributed by atoms with van der Waals surface area (Å²) in [6.07, 6.45) is 5.83. The summed E-state index contributed by atoms with van der Waals surface area (Å²) in [5.74, 6) is 1.98. The Labute approximate surface area is 303 Å². The molecule has 3 unspecified atom stereocenters. The summed E-state index contributed by atoms with van der Waals surface area (Å²) in [6.45, 7) is 0. The third-order valence-corrected chi connectivity index (χ3v) is 12.4. The molecule has 0 fully saturated rings. The van der Waals surface area contributed by atoms with E-state index < -0.39 is 0 Å². The fourth-order valence-corrected chi connectivity index (χ4v) is 10.1. The van der Waals surface area contributed by atoms with E-state index in [-0.39, 0.29) is 18.0 Å². The van der Waals surface area contributed by atoms with Crippen molar-refractivity contribution in [1.82, 2.24) is 24.1 Å². The number of allylic oxidation sites excluding steroid dienone is 1. The Bertz CT molecular complexity index is 2960. The molecule has 0 amide bonds. The van der Waals surface area contributed by atoms with Crippen LogP contribution in [0.1, 0.15) is 23.9 Å². The van der Waals surface area contributed by atoms with Crippen molar-refractivity contribution in [2.45, 2.75) is 34.2 Å². The van der Waals surface area contributed by atoms with Crippen LogP contribution in [0.15, 0.2) is 161 Å². The van der Waals surface area contributed by atoms with E-state index in [0.29, 0.717) is 5.95 Å². The zero-order chi connectivity index (χ0) is 33.9. The first-order valence-electron chi connectivity index (χ1n) is 17.9. The molecule has 0 N–H and O–H groups in total. The Morgan fingerprint density at radius 2 is 1.37 bits per heavy atom. The standard InChI is InChI=1S/C45H30N6S/c1-2-11-29(12-3-1)49-38-24-22-28(26-39(38)51-37-18-8-6-15-33(37)47-45(49)51)27-21-23-36-32(25-27)30-13-4-7-17-35(30)50(36)44-46-34-16-10-20-41-42(34)43(48-44)31-14-5-9-19-40(31)52-41/h1-25,28,38-39H,26H2. The van der Waals surface area contributed by atoms with Crippen LogP contribution in [0.3, 0.4) is 0 Å². The molecule has 246 valence electrons. The van der Waals surface area contributed by atoms with Crippen molar-refractivity contribution in [2.75, 3.05) is 4.90 Å². The van der Waals surface area contributed by atoms with Crippen molar-refractivity contribution in [3.63, 3.8) is 0 Å². The first kappa shape index (κ1) is 28.5. The van der Waals surface area contributed by atoms with Gasteiger partial charge in [0.25, 0.3) is 0 Å². The van der Waals surface area contributed by atoms with E-state index in [0.717, 1.165) is 51.1 Å². The summed E-state index contributed by atoms with van der Waals surface area (Å²) >= 11 is 1.80. The number of hydrogen-bond donors (Lipinski definition) is 0. The maximum absolute atomic E-state index is 5.35. The van der Waals surface area contributed by atoms with Crippen LogP contribution in [0, 0.1) is 0 Å². The number of anilines is 2. The molecule has 0 spiro atoms. The summed E-state index contributed by atoms with van der Waals surface area (Å²) in [5, 5.41) is 3.56. The van der Waals surface area contributed by atoms with E-state index in [4.69, 9.17) is 15.0 Å². The molecule has 0 saturated heterocycles. The summed E-state index contributed by atoms with van der Waals surface area (Å²) in [4.78, 5) is 20.6. The minimum absolute atomic E-state index is 0.200. The summed E-state index contributed by atoms with van der Waals surface area (Å²) in [5.41, 5.74) is 10.1. The lowest BCUT2D eigenvalue weighted by Gasteiger charge is -2.32. The van der Waals surface area contributed by atoms with Gasteiger partial charge in [0.1, 0.15) is 0 Å². The molecule has 0 saturated carbocycles. The van der Waals surface area contributed by atoms with E-state index in [1.165, 1.54) is 37.3 Å². The number of hydrogen-bond acceptors (Lipinski definition) is 5. The average molecular weight is 687 g/mol. The molecular weight excluding hydrogens is 657 g/mol. The molecule has 5 heterocycles. The number of rotatable bonds is 3. The van der Waals surface area contributed by atoms with Gasteiger partial charge < -0.3 is 9.47 Å². The molecule has 2 aliphatic heterocycles. The van der Waals surface area contributed by atoms with Gasteiger partial charge >= 0.3 is 0 Å². The monoisotopic (exact) mass is 686 g/mol. The van der Waals surface area contributed by atoms with Gasteiger partial charge in [-0.25, -0.2) is 15.0 Å². The van der Waals surface area contributed by atoms with E-state index in [1.807, 2.05) is 0 Å². The molecule has 0 bridgehead atoms. The van der Waals surface area contributed by atoms with Crippen molar-refractivity contribution < 1.29 is 0 Å². The van der Waals surface area contributed by atoms with Crippen LogP contribution in [0.25, 0.3) is 60.9 Å². The predicted octanol–water partition coefficient (Wildman–Crippen LogP) is 11.0. The van der Waals surface area contributed by atoms with E-state index in [9.17, 15) is 0 Å². The van der Waals surface area contributed by atoms with Gasteiger partial charge in [-0.05, 0) is 72.6 Å². The second-order valence-corrected chi connectivity index (χ2v) is 15.1. The van der Waals surface area contributed by atoms with Crippen LogP contribution in [0.2, 0.25) is 0 Å².